The molecule has 0 radical (unpaired) electrons. The minimum atomic E-state index is -2.41. The van der Waals surface area contributed by atoms with Gasteiger partial charge >= 0.3 is 0 Å². The number of hydrogen-bond donors (Lipinski definition) is 1. The monoisotopic (exact) mass is 344 g/mol. The zero-order chi connectivity index (χ0) is 20.5. The molecule has 3 aromatic rings. The van der Waals surface area contributed by atoms with Crippen LogP contribution in [0.2, 0.25) is 0 Å². The van der Waals surface area contributed by atoms with E-state index in [4.69, 9.17) is 14.6 Å². The summed E-state index contributed by atoms with van der Waals surface area (Å²) in [6, 6.07) is 4.98. The van der Waals surface area contributed by atoms with Crippen LogP contribution >= 0.6 is 0 Å². The molecule has 0 bridgehead atoms. The van der Waals surface area contributed by atoms with Crippen molar-refractivity contribution in [2.75, 3.05) is 5.73 Å². The Balaban J connectivity index is 1.89. The number of anilines is 1. The summed E-state index contributed by atoms with van der Waals surface area (Å²) >= 11 is 0. The summed E-state index contributed by atoms with van der Waals surface area (Å²) in [6.07, 6.45) is 4.59. The third-order valence-electron chi connectivity index (χ3n) is 3.80. The van der Waals surface area contributed by atoms with Crippen molar-refractivity contribution in [3.8, 4) is 11.5 Å². The van der Waals surface area contributed by atoms with E-state index in [0.29, 0.717) is 16.7 Å². The molecule has 0 fully saturated rings. The summed E-state index contributed by atoms with van der Waals surface area (Å²) in [6.45, 7) is -0.670. The lowest BCUT2D eigenvalue weighted by atomic mass is 10.0. The molecule has 0 aliphatic rings. The van der Waals surface area contributed by atoms with Crippen LogP contribution in [0.15, 0.2) is 42.9 Å². The van der Waals surface area contributed by atoms with Crippen LogP contribution in [0.25, 0.3) is 0 Å². The van der Waals surface area contributed by atoms with Crippen LogP contribution in [-0.4, -0.2) is 9.97 Å². The average molecular weight is 344 g/mol. The Kier molecular flexibility index (Phi) is 3.64. The molecule has 0 aliphatic carbocycles. The van der Waals surface area contributed by atoms with Gasteiger partial charge in [-0.2, -0.15) is 0 Å². The number of ether oxygens (including phenoxy) is 1. The second-order valence-electron chi connectivity index (χ2n) is 5.52. The minimum absolute atomic E-state index is 0.119. The number of hydrogen-bond acceptors (Lipinski definition) is 4. The predicted molar refractivity (Wildman–Crippen MR) is 91.6 cm³/mol. The highest BCUT2D eigenvalue weighted by atomic mass is 19.1. The highest BCUT2D eigenvalue weighted by Crippen LogP contribution is 2.29. The van der Waals surface area contributed by atoms with Crippen molar-refractivity contribution in [2.45, 2.75) is 20.2 Å². The van der Waals surface area contributed by atoms with Crippen LogP contribution < -0.4 is 10.5 Å². The van der Waals surface area contributed by atoms with Gasteiger partial charge in [0.05, 0.1) is 6.20 Å². The maximum Gasteiger partial charge on any atom is 0.168 e. The third kappa shape index (κ3) is 3.57. The summed E-state index contributed by atoms with van der Waals surface area (Å²) < 4.78 is 56.0. The van der Waals surface area contributed by atoms with Crippen molar-refractivity contribution in [1.29, 1.82) is 0 Å². The van der Waals surface area contributed by atoms with Crippen molar-refractivity contribution < 1.29 is 17.6 Å². The number of halogens is 2. The van der Waals surface area contributed by atoms with Gasteiger partial charge in [-0.3, -0.25) is 4.98 Å². The van der Waals surface area contributed by atoms with Gasteiger partial charge in [-0.05, 0) is 54.2 Å². The van der Waals surface area contributed by atoms with E-state index in [1.807, 2.05) is 0 Å². The van der Waals surface area contributed by atoms with Gasteiger partial charge in [0, 0.05) is 22.9 Å². The first-order valence-corrected chi connectivity index (χ1v) is 7.47. The fourth-order valence-electron chi connectivity index (χ4n) is 2.37. The Bertz CT molecular complexity index is 1030. The smallest absolute Gasteiger partial charge is 0.168 e. The highest BCUT2D eigenvalue weighted by molar-refractivity contribution is 5.44. The Morgan fingerprint density at radius 1 is 1.16 bits per heavy atom. The molecule has 128 valence electrons. The first-order chi connectivity index (χ1) is 13.2. The largest absolute Gasteiger partial charge is 0.452 e. The molecule has 1 aromatic carbocycles. The van der Waals surface area contributed by atoms with Crippen LogP contribution in [0.1, 0.15) is 26.4 Å². The van der Waals surface area contributed by atoms with Crippen LogP contribution in [-0.2, 0) is 6.42 Å². The Morgan fingerprint density at radius 3 is 2.76 bits per heavy atom. The van der Waals surface area contributed by atoms with Crippen molar-refractivity contribution in [3.63, 3.8) is 0 Å². The van der Waals surface area contributed by atoms with E-state index < -0.39 is 18.5 Å². The average Bonchev–Trinajstić information content (AvgIpc) is 2.63. The number of rotatable bonds is 4. The summed E-state index contributed by atoms with van der Waals surface area (Å²) in [7, 11) is 0. The van der Waals surface area contributed by atoms with Gasteiger partial charge in [-0.15, -0.1) is 0 Å². The summed E-state index contributed by atoms with van der Waals surface area (Å²) in [4.78, 5) is 7.76. The van der Waals surface area contributed by atoms with Crippen LogP contribution in [0.4, 0.5) is 14.6 Å². The molecular weight excluding hydrogens is 324 g/mol. The number of aromatic nitrogens is 2. The lowest BCUT2D eigenvalue weighted by Gasteiger charge is -2.13. The van der Waals surface area contributed by atoms with Crippen molar-refractivity contribution in [1.82, 2.24) is 9.97 Å². The number of benzene rings is 1. The molecule has 6 heteroatoms. The quantitative estimate of drug-likeness (QED) is 0.765. The van der Waals surface area contributed by atoms with Crippen LogP contribution in [0, 0.1) is 25.4 Å². The highest BCUT2D eigenvalue weighted by Gasteiger charge is 2.13. The molecule has 4 nitrogen and oxygen atoms in total. The molecule has 0 spiro atoms. The van der Waals surface area contributed by atoms with E-state index in [1.165, 1.54) is 30.6 Å². The van der Waals surface area contributed by atoms with Gasteiger partial charge in [-0.25, -0.2) is 13.8 Å². The lowest BCUT2D eigenvalue weighted by Crippen LogP contribution is -2.02. The number of nitrogen functional groups attached to an aromatic ring is 1. The molecular formula is C19H17F2N3O. The third-order valence-corrected chi connectivity index (χ3v) is 3.80. The molecule has 2 N–H and O–H groups in total. The van der Waals surface area contributed by atoms with Gasteiger partial charge in [0.15, 0.2) is 23.2 Å². The SMILES string of the molecule is [2H]C([2H])([2H])c1ccc(Oc2cncc(Cc3ccnc(N)c3F)c2C)c(F)c1. The molecule has 0 saturated carbocycles. The molecule has 0 unspecified atom stereocenters. The molecule has 0 amide bonds. The normalized spacial score (nSPS) is 13.0. The van der Waals surface area contributed by atoms with Crippen molar-refractivity contribution in [3.05, 3.63) is 76.7 Å². The molecule has 2 heterocycles. The molecule has 25 heavy (non-hydrogen) atoms. The van der Waals surface area contributed by atoms with Gasteiger partial charge in [0.25, 0.3) is 0 Å². The summed E-state index contributed by atoms with van der Waals surface area (Å²) in [5.41, 5.74) is 7.04. The standard InChI is InChI=1S/C19H17F2N3O/c1-11-3-4-16(15(20)7-11)25-17-10-23-9-14(12(17)2)8-13-5-6-24-19(22)18(13)21/h3-7,9-10H,8H2,1-2H3,(H2,22,24)/i1D3. The molecule has 0 saturated heterocycles. The van der Waals surface area contributed by atoms with E-state index in [2.05, 4.69) is 9.97 Å². The Morgan fingerprint density at radius 2 is 2.00 bits per heavy atom. The van der Waals surface area contributed by atoms with Gasteiger partial charge in [0.2, 0.25) is 0 Å². The minimum Gasteiger partial charge on any atom is -0.452 e. The maximum absolute atomic E-state index is 14.3. The molecule has 0 aliphatic heterocycles. The summed E-state index contributed by atoms with van der Waals surface area (Å²) in [5.74, 6) is -1.44. The fourth-order valence-corrected chi connectivity index (χ4v) is 2.37. The topological polar surface area (TPSA) is 61.0 Å². The zero-order valence-electron chi connectivity index (χ0n) is 16.4. The van der Waals surface area contributed by atoms with E-state index in [9.17, 15) is 8.78 Å². The second-order valence-corrected chi connectivity index (χ2v) is 5.52. The second kappa shape index (κ2) is 6.84. The van der Waals surface area contributed by atoms with E-state index in [1.54, 1.807) is 13.1 Å². The molecule has 0 atom stereocenters. The number of nitrogens with zero attached hydrogens (tertiary/aromatic N) is 2. The van der Waals surface area contributed by atoms with Crippen LogP contribution in [0.5, 0.6) is 11.5 Å². The predicted octanol–water partition coefficient (Wildman–Crippen LogP) is 4.34. The molecule has 2 aromatic heterocycles. The first kappa shape index (κ1) is 13.3. The number of nitrogens with two attached hydrogens (primary N) is 1. The Labute approximate surface area is 148 Å². The van der Waals surface area contributed by atoms with Crippen LogP contribution in [0.3, 0.4) is 0 Å². The fraction of sp³-hybridized carbons (Fsp3) is 0.158. The number of pyridine rings is 2. The van der Waals surface area contributed by atoms with E-state index in [0.717, 1.165) is 6.07 Å². The van der Waals surface area contributed by atoms with Gasteiger partial charge < -0.3 is 10.5 Å². The first-order valence-electron chi connectivity index (χ1n) is 8.97. The summed E-state index contributed by atoms with van der Waals surface area (Å²) in [5, 5.41) is 0. The van der Waals surface area contributed by atoms with Gasteiger partial charge in [-0.1, -0.05) is 6.07 Å². The van der Waals surface area contributed by atoms with Crippen molar-refractivity contribution in [2.24, 2.45) is 0 Å². The van der Waals surface area contributed by atoms with Crippen molar-refractivity contribution >= 4 is 5.82 Å². The van der Waals surface area contributed by atoms with Gasteiger partial charge in [0.1, 0.15) is 5.75 Å². The lowest BCUT2D eigenvalue weighted by molar-refractivity contribution is 0.437. The van der Waals surface area contributed by atoms with E-state index in [-0.39, 0.29) is 29.3 Å². The number of aryl methyl sites for hydroxylation is 1. The zero-order valence-corrected chi connectivity index (χ0v) is 13.4. The van der Waals surface area contributed by atoms with E-state index >= 15 is 0 Å². The Hall–Kier alpha value is -3.02. The molecule has 3 rings (SSSR count). The maximum atomic E-state index is 14.3.